The molecule has 2 aliphatic rings. The molecule has 4 rings (SSSR count). The van der Waals surface area contributed by atoms with E-state index < -0.39 is 10.0 Å². The van der Waals surface area contributed by atoms with Crippen LogP contribution in [0, 0.1) is 5.92 Å². The standard InChI is InChI=1S/C22H25BrN2O5S/c23-18-5-3-4-16(12-18)15-31(27,28)25-10-8-17(9-11-25)22(26)24-13-19-14-29-20-6-1-2-7-21(20)30-19/h1-7,12,17,19H,8-11,13-15H2,(H,24,26). The van der Waals surface area contributed by atoms with Crippen LogP contribution >= 0.6 is 15.9 Å². The van der Waals surface area contributed by atoms with Gasteiger partial charge >= 0.3 is 0 Å². The highest BCUT2D eigenvalue weighted by Gasteiger charge is 2.31. The van der Waals surface area contributed by atoms with E-state index in [0.717, 1.165) is 10.0 Å². The van der Waals surface area contributed by atoms with Gasteiger partial charge in [0.2, 0.25) is 15.9 Å². The number of carbonyl (C=O) groups excluding carboxylic acids is 1. The minimum Gasteiger partial charge on any atom is -0.486 e. The molecular formula is C22H25BrN2O5S. The first-order chi connectivity index (χ1) is 14.9. The van der Waals surface area contributed by atoms with Crippen LogP contribution in [-0.4, -0.2) is 51.0 Å². The van der Waals surface area contributed by atoms with Crippen molar-refractivity contribution in [3.8, 4) is 11.5 Å². The second kappa shape index (κ2) is 9.58. The van der Waals surface area contributed by atoms with Crippen molar-refractivity contribution < 1.29 is 22.7 Å². The largest absolute Gasteiger partial charge is 0.486 e. The molecule has 0 saturated carbocycles. The maximum atomic E-state index is 12.8. The lowest BCUT2D eigenvalue weighted by molar-refractivity contribution is -0.126. The van der Waals surface area contributed by atoms with E-state index in [4.69, 9.17) is 9.47 Å². The number of para-hydroxylation sites is 2. The summed E-state index contributed by atoms with van der Waals surface area (Å²) in [6.45, 7) is 1.44. The zero-order valence-electron chi connectivity index (χ0n) is 17.0. The lowest BCUT2D eigenvalue weighted by Gasteiger charge is -2.31. The Morgan fingerprint density at radius 2 is 1.84 bits per heavy atom. The second-order valence-electron chi connectivity index (χ2n) is 7.80. The van der Waals surface area contributed by atoms with Crippen LogP contribution in [0.25, 0.3) is 0 Å². The minimum absolute atomic E-state index is 0.0379. The molecule has 0 aromatic heterocycles. The SMILES string of the molecule is O=C(NCC1COc2ccccc2O1)C1CCN(S(=O)(=O)Cc2cccc(Br)c2)CC1. The normalized spacial score (nSPS) is 19.7. The number of hydrogen-bond donors (Lipinski definition) is 1. The molecule has 2 aromatic rings. The molecule has 1 fully saturated rings. The highest BCUT2D eigenvalue weighted by Crippen LogP contribution is 2.30. The third-order valence-electron chi connectivity index (χ3n) is 5.53. The Morgan fingerprint density at radius 1 is 1.10 bits per heavy atom. The second-order valence-corrected chi connectivity index (χ2v) is 10.7. The van der Waals surface area contributed by atoms with Crippen LogP contribution in [0.1, 0.15) is 18.4 Å². The Labute approximate surface area is 190 Å². The molecule has 0 spiro atoms. The number of rotatable bonds is 6. The predicted molar refractivity (Wildman–Crippen MR) is 120 cm³/mol. The van der Waals surface area contributed by atoms with Gasteiger partial charge in [-0.3, -0.25) is 4.79 Å². The number of carbonyl (C=O) groups is 1. The van der Waals surface area contributed by atoms with Crippen LogP contribution in [0.2, 0.25) is 0 Å². The molecule has 9 heteroatoms. The zero-order chi connectivity index (χ0) is 21.8. The van der Waals surface area contributed by atoms with E-state index in [-0.39, 0.29) is 23.7 Å². The van der Waals surface area contributed by atoms with Crippen molar-refractivity contribution in [2.24, 2.45) is 5.92 Å². The summed E-state index contributed by atoms with van der Waals surface area (Å²) in [5, 5.41) is 2.94. The molecule has 2 heterocycles. The van der Waals surface area contributed by atoms with Gasteiger partial charge in [0.1, 0.15) is 12.7 Å². The summed E-state index contributed by atoms with van der Waals surface area (Å²) in [5.41, 5.74) is 0.741. The Morgan fingerprint density at radius 3 is 2.58 bits per heavy atom. The van der Waals surface area contributed by atoms with E-state index in [9.17, 15) is 13.2 Å². The van der Waals surface area contributed by atoms with Gasteiger partial charge in [-0.2, -0.15) is 0 Å². The summed E-state index contributed by atoms with van der Waals surface area (Å²) in [6, 6.07) is 14.8. The van der Waals surface area contributed by atoms with Crippen molar-refractivity contribution in [2.75, 3.05) is 26.2 Å². The summed E-state index contributed by atoms with van der Waals surface area (Å²) in [7, 11) is -3.42. The van der Waals surface area contributed by atoms with Gasteiger partial charge in [-0.05, 0) is 42.7 Å². The van der Waals surface area contributed by atoms with Gasteiger partial charge in [-0.25, -0.2) is 12.7 Å². The fraction of sp³-hybridized carbons (Fsp3) is 0.409. The fourth-order valence-corrected chi connectivity index (χ4v) is 5.84. The van der Waals surface area contributed by atoms with Crippen LogP contribution in [0.3, 0.4) is 0 Å². The summed E-state index contributed by atoms with van der Waals surface area (Å²) >= 11 is 3.37. The number of halogens is 1. The van der Waals surface area contributed by atoms with Gasteiger partial charge in [0.25, 0.3) is 0 Å². The van der Waals surface area contributed by atoms with E-state index in [0.29, 0.717) is 50.6 Å². The summed E-state index contributed by atoms with van der Waals surface area (Å²) in [5.74, 6) is 1.09. The molecule has 2 aliphatic heterocycles. The summed E-state index contributed by atoms with van der Waals surface area (Å²) in [4.78, 5) is 12.6. The third kappa shape index (κ3) is 5.58. The van der Waals surface area contributed by atoms with Crippen LogP contribution < -0.4 is 14.8 Å². The van der Waals surface area contributed by atoms with Gasteiger partial charge in [-0.15, -0.1) is 0 Å². The molecule has 1 N–H and O–H groups in total. The average molecular weight is 509 g/mol. The van der Waals surface area contributed by atoms with Crippen molar-refractivity contribution in [3.63, 3.8) is 0 Å². The molecular weight excluding hydrogens is 484 g/mol. The number of amides is 1. The first-order valence-electron chi connectivity index (χ1n) is 10.3. The Bertz CT molecular complexity index is 1040. The number of hydrogen-bond acceptors (Lipinski definition) is 5. The van der Waals surface area contributed by atoms with Crippen LogP contribution in [-0.2, 0) is 20.6 Å². The maximum absolute atomic E-state index is 12.8. The molecule has 1 atom stereocenters. The average Bonchev–Trinajstić information content (AvgIpc) is 2.77. The number of sulfonamides is 1. The van der Waals surface area contributed by atoms with Crippen molar-refractivity contribution in [2.45, 2.75) is 24.7 Å². The maximum Gasteiger partial charge on any atom is 0.223 e. The monoisotopic (exact) mass is 508 g/mol. The van der Waals surface area contributed by atoms with Crippen LogP contribution in [0.5, 0.6) is 11.5 Å². The van der Waals surface area contributed by atoms with Crippen LogP contribution in [0.15, 0.2) is 53.0 Å². The first kappa shape index (κ1) is 22.1. The lowest BCUT2D eigenvalue weighted by Crippen LogP contribution is -2.46. The molecule has 31 heavy (non-hydrogen) atoms. The van der Waals surface area contributed by atoms with E-state index >= 15 is 0 Å². The Balaban J connectivity index is 1.24. The van der Waals surface area contributed by atoms with Crippen molar-refractivity contribution in [3.05, 3.63) is 58.6 Å². The Kier molecular flexibility index (Phi) is 6.83. The highest BCUT2D eigenvalue weighted by atomic mass is 79.9. The van der Waals surface area contributed by atoms with Gasteiger partial charge < -0.3 is 14.8 Å². The molecule has 1 amide bonds. The van der Waals surface area contributed by atoms with Crippen molar-refractivity contribution in [1.29, 1.82) is 0 Å². The number of fused-ring (bicyclic) bond motifs is 1. The van der Waals surface area contributed by atoms with E-state index in [1.165, 1.54) is 4.31 Å². The fourth-order valence-electron chi connectivity index (χ4n) is 3.85. The molecule has 0 aliphatic carbocycles. The molecule has 7 nitrogen and oxygen atoms in total. The predicted octanol–water partition coefficient (Wildman–Crippen LogP) is 2.95. The molecule has 0 bridgehead atoms. The minimum atomic E-state index is -3.42. The molecule has 1 unspecified atom stereocenters. The van der Waals surface area contributed by atoms with Crippen molar-refractivity contribution >= 4 is 31.9 Å². The number of benzene rings is 2. The van der Waals surface area contributed by atoms with Gasteiger partial charge in [0, 0.05) is 23.5 Å². The van der Waals surface area contributed by atoms with Crippen LogP contribution in [0.4, 0.5) is 0 Å². The van der Waals surface area contributed by atoms with Gasteiger partial charge in [-0.1, -0.05) is 40.2 Å². The zero-order valence-corrected chi connectivity index (χ0v) is 19.4. The Hall–Kier alpha value is -2.10. The van der Waals surface area contributed by atoms with E-state index in [1.807, 2.05) is 42.5 Å². The first-order valence-corrected chi connectivity index (χ1v) is 12.7. The number of nitrogens with zero attached hydrogens (tertiary/aromatic N) is 1. The molecule has 1 saturated heterocycles. The highest BCUT2D eigenvalue weighted by molar-refractivity contribution is 9.10. The smallest absolute Gasteiger partial charge is 0.223 e. The van der Waals surface area contributed by atoms with Gasteiger partial charge in [0.15, 0.2) is 11.5 Å². The summed E-state index contributed by atoms with van der Waals surface area (Å²) in [6.07, 6.45) is 0.771. The quantitative estimate of drug-likeness (QED) is 0.648. The lowest BCUT2D eigenvalue weighted by atomic mass is 9.97. The number of piperidine rings is 1. The van der Waals surface area contributed by atoms with Gasteiger partial charge in [0.05, 0.1) is 12.3 Å². The molecule has 0 radical (unpaired) electrons. The van der Waals surface area contributed by atoms with Crippen molar-refractivity contribution in [1.82, 2.24) is 9.62 Å². The molecule has 166 valence electrons. The topological polar surface area (TPSA) is 84.9 Å². The number of ether oxygens (including phenoxy) is 2. The number of nitrogens with one attached hydrogen (secondary N) is 1. The third-order valence-corrected chi connectivity index (χ3v) is 7.87. The summed E-state index contributed by atoms with van der Waals surface area (Å²) < 4.78 is 39.4. The molecule has 2 aromatic carbocycles. The van der Waals surface area contributed by atoms with E-state index in [1.54, 1.807) is 6.07 Å². The van der Waals surface area contributed by atoms with E-state index in [2.05, 4.69) is 21.2 Å².